The van der Waals surface area contributed by atoms with Crippen molar-refractivity contribution in [2.45, 2.75) is 65.2 Å². The van der Waals surface area contributed by atoms with Gasteiger partial charge in [0.15, 0.2) is 0 Å². The van der Waals surface area contributed by atoms with E-state index in [9.17, 15) is 18.4 Å². The second kappa shape index (κ2) is 13.9. The molecule has 2 unspecified atom stereocenters. The number of aryl methyl sites for hydroxylation is 1. The van der Waals surface area contributed by atoms with E-state index in [1.165, 1.54) is 32.4 Å². The number of benzene rings is 2. The predicted molar refractivity (Wildman–Crippen MR) is 127 cm³/mol. The fraction of sp³-hybridized carbons (Fsp3) is 0.462. The van der Waals surface area contributed by atoms with Crippen LogP contribution in [-0.4, -0.2) is 26.2 Å². The van der Waals surface area contributed by atoms with Gasteiger partial charge in [-0.3, -0.25) is 9.59 Å². The topological polar surface area (TPSA) is 52.6 Å². The third-order valence-corrected chi connectivity index (χ3v) is 5.95. The first-order valence-corrected chi connectivity index (χ1v) is 11.4. The number of rotatable bonds is 8. The predicted octanol–water partition coefficient (Wildman–Crippen LogP) is 7.04. The van der Waals surface area contributed by atoms with E-state index >= 15 is 0 Å². The van der Waals surface area contributed by atoms with Gasteiger partial charge in [0.2, 0.25) is 0 Å². The summed E-state index contributed by atoms with van der Waals surface area (Å²) in [5.41, 5.74) is 3.00. The summed E-state index contributed by atoms with van der Waals surface area (Å²) in [5, 5.41) is 0.0764. The van der Waals surface area contributed by atoms with E-state index in [1.54, 1.807) is 19.1 Å². The van der Waals surface area contributed by atoms with Gasteiger partial charge >= 0.3 is 11.9 Å². The Kier molecular flexibility index (Phi) is 12.1. The molecule has 2 atom stereocenters. The van der Waals surface area contributed by atoms with Crippen molar-refractivity contribution in [2.75, 3.05) is 14.2 Å². The van der Waals surface area contributed by atoms with Crippen LogP contribution < -0.4 is 0 Å². The first kappa shape index (κ1) is 28.6. The van der Waals surface area contributed by atoms with Crippen molar-refractivity contribution in [1.29, 1.82) is 0 Å². The standard InChI is InChI=1S/C13H16ClFO2.C13H17FO2/c1-4-5-10(13(16)17-3)9-6-7-11(15)12(14)8(9)2;1-4-5-12(13(15)16-3)11-7-6-10(14)8-9(11)2/h6-7,10H,4-5H2,1-3H3;6-8,12H,4-5H2,1-3H3. The van der Waals surface area contributed by atoms with Crippen molar-refractivity contribution in [3.8, 4) is 0 Å². The molecule has 2 aromatic carbocycles. The minimum atomic E-state index is -0.465. The van der Waals surface area contributed by atoms with Crippen LogP contribution in [0.25, 0.3) is 0 Å². The van der Waals surface area contributed by atoms with Crippen LogP contribution >= 0.6 is 11.6 Å². The Hall–Kier alpha value is -2.47. The van der Waals surface area contributed by atoms with E-state index in [-0.39, 0.29) is 34.6 Å². The molecular weight excluding hydrogens is 450 g/mol. The maximum Gasteiger partial charge on any atom is 0.313 e. The summed E-state index contributed by atoms with van der Waals surface area (Å²) < 4.78 is 35.7. The Balaban J connectivity index is 0.000000331. The van der Waals surface area contributed by atoms with Gasteiger partial charge in [0.1, 0.15) is 11.6 Å². The minimum absolute atomic E-state index is 0.0764. The van der Waals surface area contributed by atoms with Gasteiger partial charge in [-0.25, -0.2) is 8.78 Å². The van der Waals surface area contributed by atoms with Crippen LogP contribution in [0, 0.1) is 25.5 Å². The highest BCUT2D eigenvalue weighted by Gasteiger charge is 2.24. The number of carbonyl (C=O) groups is 2. The van der Waals surface area contributed by atoms with Crippen molar-refractivity contribution in [1.82, 2.24) is 0 Å². The van der Waals surface area contributed by atoms with Gasteiger partial charge in [0.25, 0.3) is 0 Å². The van der Waals surface area contributed by atoms with E-state index in [0.29, 0.717) is 12.0 Å². The molecule has 0 aliphatic rings. The van der Waals surface area contributed by atoms with Gasteiger partial charge in [-0.15, -0.1) is 0 Å². The molecule has 0 spiro atoms. The summed E-state index contributed by atoms with van der Waals surface area (Å²) in [7, 11) is 2.73. The summed E-state index contributed by atoms with van der Waals surface area (Å²) in [6.45, 7) is 7.52. The maximum absolute atomic E-state index is 13.2. The van der Waals surface area contributed by atoms with Crippen LogP contribution in [0.1, 0.15) is 73.6 Å². The van der Waals surface area contributed by atoms with Gasteiger partial charge in [-0.1, -0.05) is 50.4 Å². The quantitative estimate of drug-likeness (QED) is 0.379. The lowest BCUT2D eigenvalue weighted by Crippen LogP contribution is -2.15. The van der Waals surface area contributed by atoms with E-state index < -0.39 is 5.82 Å². The first-order valence-electron chi connectivity index (χ1n) is 11.0. The van der Waals surface area contributed by atoms with E-state index in [1.807, 2.05) is 20.8 Å². The third-order valence-electron chi connectivity index (χ3n) is 5.49. The molecule has 4 nitrogen and oxygen atoms in total. The SMILES string of the molecule is CCCC(C(=O)OC)c1ccc(F)c(Cl)c1C.CCCC(C(=O)OC)c1ccc(F)cc1C. The molecule has 182 valence electrons. The molecule has 33 heavy (non-hydrogen) atoms. The average molecular weight is 483 g/mol. The highest BCUT2D eigenvalue weighted by Crippen LogP contribution is 2.31. The van der Waals surface area contributed by atoms with Crippen LogP contribution in [0.2, 0.25) is 5.02 Å². The number of hydrogen-bond donors (Lipinski definition) is 0. The molecule has 0 heterocycles. The highest BCUT2D eigenvalue weighted by atomic mass is 35.5. The van der Waals surface area contributed by atoms with Crippen molar-refractivity contribution < 1.29 is 27.8 Å². The fourth-order valence-corrected chi connectivity index (χ4v) is 3.91. The van der Waals surface area contributed by atoms with Crippen LogP contribution in [-0.2, 0) is 19.1 Å². The average Bonchev–Trinajstić information content (AvgIpc) is 2.80. The largest absolute Gasteiger partial charge is 0.469 e. The Morgan fingerprint density at radius 3 is 1.82 bits per heavy atom. The van der Waals surface area contributed by atoms with Crippen molar-refractivity contribution >= 4 is 23.5 Å². The number of esters is 2. The summed E-state index contributed by atoms with van der Waals surface area (Å²) in [6, 6.07) is 7.39. The van der Waals surface area contributed by atoms with Gasteiger partial charge in [0, 0.05) is 0 Å². The molecular formula is C26H33ClF2O4. The number of carbonyl (C=O) groups excluding carboxylic acids is 2. The lowest BCUT2D eigenvalue weighted by Gasteiger charge is -2.17. The van der Waals surface area contributed by atoms with Crippen molar-refractivity contribution in [3.05, 3.63) is 69.2 Å². The maximum atomic E-state index is 13.2. The third kappa shape index (κ3) is 7.81. The summed E-state index contributed by atoms with van der Waals surface area (Å²) in [4.78, 5) is 23.3. The van der Waals surface area contributed by atoms with Gasteiger partial charge in [-0.05, 0) is 67.1 Å². The molecule has 2 rings (SSSR count). The van der Waals surface area contributed by atoms with Gasteiger partial charge < -0.3 is 9.47 Å². The van der Waals surface area contributed by atoms with E-state index in [0.717, 1.165) is 36.0 Å². The van der Waals surface area contributed by atoms with Gasteiger partial charge in [0.05, 0.1) is 31.1 Å². The molecule has 0 fully saturated rings. The van der Waals surface area contributed by atoms with Crippen LogP contribution in [0.15, 0.2) is 30.3 Å². The first-order chi connectivity index (χ1) is 15.6. The number of hydrogen-bond acceptors (Lipinski definition) is 4. The van der Waals surface area contributed by atoms with Crippen molar-refractivity contribution in [3.63, 3.8) is 0 Å². The Bertz CT molecular complexity index is 946. The normalized spacial score (nSPS) is 12.3. The summed E-state index contributed by atoms with van der Waals surface area (Å²) in [5.74, 6) is -1.96. The van der Waals surface area contributed by atoms with Crippen molar-refractivity contribution in [2.24, 2.45) is 0 Å². The van der Waals surface area contributed by atoms with E-state index in [4.69, 9.17) is 21.1 Å². The Morgan fingerprint density at radius 2 is 1.36 bits per heavy atom. The number of ether oxygens (including phenoxy) is 2. The fourth-order valence-electron chi connectivity index (χ4n) is 3.74. The zero-order valence-corrected chi connectivity index (χ0v) is 20.9. The van der Waals surface area contributed by atoms with E-state index in [2.05, 4.69) is 0 Å². The zero-order chi connectivity index (χ0) is 25.1. The molecule has 0 saturated heterocycles. The second-order valence-corrected chi connectivity index (χ2v) is 8.18. The molecule has 0 bridgehead atoms. The van der Waals surface area contributed by atoms with Gasteiger partial charge in [-0.2, -0.15) is 0 Å². The molecule has 0 saturated carbocycles. The molecule has 0 radical (unpaired) electrons. The molecule has 0 N–H and O–H groups in total. The molecule has 0 aromatic heterocycles. The van der Waals surface area contributed by atoms with Crippen LogP contribution in [0.5, 0.6) is 0 Å². The highest BCUT2D eigenvalue weighted by molar-refractivity contribution is 6.31. The molecule has 2 aromatic rings. The Morgan fingerprint density at radius 1 is 0.879 bits per heavy atom. The molecule has 7 heteroatoms. The molecule has 0 amide bonds. The number of methoxy groups -OCH3 is 2. The zero-order valence-electron chi connectivity index (χ0n) is 20.1. The summed E-state index contributed by atoms with van der Waals surface area (Å²) >= 11 is 5.85. The number of halogens is 3. The lowest BCUT2D eigenvalue weighted by atomic mass is 9.91. The monoisotopic (exact) mass is 482 g/mol. The van der Waals surface area contributed by atoms with Crippen LogP contribution in [0.4, 0.5) is 8.78 Å². The summed E-state index contributed by atoms with van der Waals surface area (Å²) in [6.07, 6.45) is 3.11. The van der Waals surface area contributed by atoms with Crippen LogP contribution in [0.3, 0.4) is 0 Å². The Labute approximate surface area is 200 Å². The minimum Gasteiger partial charge on any atom is -0.469 e. The molecule has 0 aliphatic heterocycles. The lowest BCUT2D eigenvalue weighted by molar-refractivity contribution is -0.143. The smallest absolute Gasteiger partial charge is 0.313 e. The second-order valence-electron chi connectivity index (χ2n) is 7.81. The molecule has 0 aliphatic carbocycles.